The summed E-state index contributed by atoms with van der Waals surface area (Å²) in [7, 11) is 0. The van der Waals surface area contributed by atoms with Crippen molar-refractivity contribution in [3.63, 3.8) is 0 Å². The third-order valence-corrected chi connectivity index (χ3v) is 4.02. The van der Waals surface area contributed by atoms with Crippen LogP contribution in [0.3, 0.4) is 0 Å². The lowest BCUT2D eigenvalue weighted by atomic mass is 9.88. The Morgan fingerprint density at radius 1 is 0.913 bits per heavy atom. The predicted octanol–water partition coefficient (Wildman–Crippen LogP) is 4.59. The fourth-order valence-corrected chi connectivity index (χ4v) is 2.90. The highest BCUT2D eigenvalue weighted by Crippen LogP contribution is 2.33. The molecule has 23 heavy (non-hydrogen) atoms. The van der Waals surface area contributed by atoms with Crippen LogP contribution in [-0.2, 0) is 0 Å². The van der Waals surface area contributed by atoms with E-state index < -0.39 is 0 Å². The van der Waals surface area contributed by atoms with Crippen LogP contribution in [0, 0.1) is 0 Å². The average Bonchev–Trinajstić information content (AvgIpc) is 2.58. The van der Waals surface area contributed by atoms with E-state index in [9.17, 15) is 5.11 Å². The molecule has 0 bridgehead atoms. The van der Waals surface area contributed by atoms with Gasteiger partial charge in [-0.15, -0.1) is 13.2 Å². The quantitative estimate of drug-likeness (QED) is 0.685. The standard InChI is InChI=1S/C21H25NO/c1-3-15-22(16-4-2)17-14-19(18-10-6-5-7-11-18)20-12-8-9-13-21(20)23/h3-13,19,23H,1-2,14-17H2. The van der Waals surface area contributed by atoms with Gasteiger partial charge in [-0.3, -0.25) is 4.90 Å². The molecule has 0 saturated heterocycles. The fraction of sp³-hybridized carbons (Fsp3) is 0.238. The lowest BCUT2D eigenvalue weighted by molar-refractivity contribution is 0.323. The zero-order valence-electron chi connectivity index (χ0n) is 13.6. The molecule has 1 N–H and O–H groups in total. The molecule has 0 aromatic heterocycles. The van der Waals surface area contributed by atoms with Crippen LogP contribution in [0.1, 0.15) is 23.5 Å². The molecule has 0 radical (unpaired) electrons. The first-order valence-corrected chi connectivity index (χ1v) is 8.03. The van der Waals surface area contributed by atoms with Gasteiger partial charge in [0.05, 0.1) is 0 Å². The summed E-state index contributed by atoms with van der Waals surface area (Å²) in [6.45, 7) is 10.3. The van der Waals surface area contributed by atoms with Crippen LogP contribution in [0.5, 0.6) is 5.75 Å². The van der Waals surface area contributed by atoms with Gasteiger partial charge in [0.15, 0.2) is 0 Å². The molecule has 0 spiro atoms. The summed E-state index contributed by atoms with van der Waals surface area (Å²) >= 11 is 0. The smallest absolute Gasteiger partial charge is 0.119 e. The molecular weight excluding hydrogens is 282 g/mol. The topological polar surface area (TPSA) is 23.5 Å². The number of aromatic hydroxyl groups is 1. The van der Waals surface area contributed by atoms with Crippen molar-refractivity contribution in [3.8, 4) is 5.75 Å². The summed E-state index contributed by atoms with van der Waals surface area (Å²) in [5, 5.41) is 10.3. The van der Waals surface area contributed by atoms with Gasteiger partial charge in [0, 0.05) is 24.6 Å². The predicted molar refractivity (Wildman–Crippen MR) is 97.8 cm³/mol. The minimum Gasteiger partial charge on any atom is -0.508 e. The highest BCUT2D eigenvalue weighted by molar-refractivity contribution is 5.41. The average molecular weight is 307 g/mol. The van der Waals surface area contributed by atoms with E-state index in [4.69, 9.17) is 0 Å². The van der Waals surface area contributed by atoms with Crippen molar-refractivity contribution in [1.82, 2.24) is 4.90 Å². The van der Waals surface area contributed by atoms with Gasteiger partial charge in [0.25, 0.3) is 0 Å². The molecule has 0 aliphatic heterocycles. The first-order chi connectivity index (χ1) is 11.3. The number of hydrogen-bond acceptors (Lipinski definition) is 2. The maximum Gasteiger partial charge on any atom is 0.119 e. The van der Waals surface area contributed by atoms with Crippen molar-refractivity contribution in [2.24, 2.45) is 0 Å². The van der Waals surface area contributed by atoms with Crippen LogP contribution in [0.2, 0.25) is 0 Å². The zero-order chi connectivity index (χ0) is 16.5. The van der Waals surface area contributed by atoms with E-state index in [0.29, 0.717) is 5.75 Å². The lowest BCUT2D eigenvalue weighted by Crippen LogP contribution is -2.26. The van der Waals surface area contributed by atoms with Gasteiger partial charge >= 0.3 is 0 Å². The Balaban J connectivity index is 2.22. The Kier molecular flexibility index (Phi) is 6.64. The van der Waals surface area contributed by atoms with Gasteiger partial charge in [0.2, 0.25) is 0 Å². The van der Waals surface area contributed by atoms with Crippen molar-refractivity contribution in [2.45, 2.75) is 12.3 Å². The second kappa shape index (κ2) is 8.96. The molecule has 0 aliphatic rings. The third-order valence-electron chi connectivity index (χ3n) is 4.02. The van der Waals surface area contributed by atoms with Gasteiger partial charge in [-0.1, -0.05) is 60.7 Å². The summed E-state index contributed by atoms with van der Waals surface area (Å²) in [6.07, 6.45) is 4.77. The van der Waals surface area contributed by atoms with Crippen LogP contribution in [-0.4, -0.2) is 29.6 Å². The molecule has 1 unspecified atom stereocenters. The van der Waals surface area contributed by atoms with Crippen LogP contribution < -0.4 is 0 Å². The number of nitrogens with zero attached hydrogens (tertiary/aromatic N) is 1. The van der Waals surface area contributed by atoms with E-state index in [1.54, 1.807) is 6.07 Å². The molecule has 0 heterocycles. The molecule has 2 aromatic rings. The van der Waals surface area contributed by atoms with E-state index in [1.807, 2.05) is 48.6 Å². The minimum absolute atomic E-state index is 0.175. The molecule has 1 atom stereocenters. The Morgan fingerprint density at radius 2 is 1.52 bits per heavy atom. The van der Waals surface area contributed by atoms with Crippen LogP contribution in [0.15, 0.2) is 79.9 Å². The molecule has 0 saturated carbocycles. The molecule has 2 nitrogen and oxygen atoms in total. The molecule has 120 valence electrons. The van der Waals surface area contributed by atoms with E-state index in [2.05, 4.69) is 30.2 Å². The van der Waals surface area contributed by atoms with Crippen LogP contribution in [0.4, 0.5) is 0 Å². The molecule has 0 aliphatic carbocycles. The van der Waals surface area contributed by atoms with E-state index >= 15 is 0 Å². The van der Waals surface area contributed by atoms with Gasteiger partial charge in [-0.25, -0.2) is 0 Å². The second-order valence-electron chi connectivity index (χ2n) is 5.65. The van der Waals surface area contributed by atoms with Crippen molar-refractivity contribution in [3.05, 3.63) is 91.0 Å². The first kappa shape index (κ1) is 17.0. The van der Waals surface area contributed by atoms with Crippen molar-refractivity contribution >= 4 is 0 Å². The largest absolute Gasteiger partial charge is 0.508 e. The SMILES string of the molecule is C=CCN(CC=C)CCC(c1ccccc1)c1ccccc1O. The van der Waals surface area contributed by atoms with Crippen LogP contribution >= 0.6 is 0 Å². The first-order valence-electron chi connectivity index (χ1n) is 8.03. The monoisotopic (exact) mass is 307 g/mol. The number of benzene rings is 2. The van der Waals surface area contributed by atoms with E-state index in [1.165, 1.54) is 5.56 Å². The maximum atomic E-state index is 10.3. The number of phenolic OH excluding ortho intramolecular Hbond substituents is 1. The molecular formula is C21H25NO. The van der Waals surface area contributed by atoms with Crippen LogP contribution in [0.25, 0.3) is 0 Å². The van der Waals surface area contributed by atoms with E-state index in [-0.39, 0.29) is 5.92 Å². The van der Waals surface area contributed by atoms with Gasteiger partial charge in [-0.05, 0) is 24.6 Å². The normalized spacial score (nSPS) is 12.0. The van der Waals surface area contributed by atoms with Gasteiger partial charge in [0.1, 0.15) is 5.75 Å². The third kappa shape index (κ3) is 4.83. The summed E-state index contributed by atoms with van der Waals surface area (Å²) < 4.78 is 0. The lowest BCUT2D eigenvalue weighted by Gasteiger charge is -2.24. The summed E-state index contributed by atoms with van der Waals surface area (Å²) in [5.41, 5.74) is 2.21. The zero-order valence-corrected chi connectivity index (χ0v) is 13.6. The Bertz CT molecular complexity index is 611. The number of rotatable bonds is 9. The molecule has 0 fully saturated rings. The second-order valence-corrected chi connectivity index (χ2v) is 5.65. The van der Waals surface area contributed by atoms with Crippen molar-refractivity contribution in [1.29, 1.82) is 0 Å². The Hall–Kier alpha value is -2.32. The van der Waals surface area contributed by atoms with Gasteiger partial charge < -0.3 is 5.11 Å². The Labute approximate surface area is 139 Å². The Morgan fingerprint density at radius 3 is 2.13 bits per heavy atom. The van der Waals surface area contributed by atoms with E-state index in [0.717, 1.165) is 31.6 Å². The molecule has 0 amide bonds. The maximum absolute atomic E-state index is 10.3. The van der Waals surface area contributed by atoms with Crippen molar-refractivity contribution in [2.75, 3.05) is 19.6 Å². The number of para-hydroxylation sites is 1. The highest BCUT2D eigenvalue weighted by Gasteiger charge is 2.18. The van der Waals surface area contributed by atoms with Gasteiger partial charge in [-0.2, -0.15) is 0 Å². The number of phenols is 1. The fourth-order valence-electron chi connectivity index (χ4n) is 2.90. The summed E-state index contributed by atoms with van der Waals surface area (Å²) in [5.74, 6) is 0.537. The highest BCUT2D eigenvalue weighted by atomic mass is 16.3. The molecule has 2 aromatic carbocycles. The minimum atomic E-state index is 0.175. The van der Waals surface area contributed by atoms with Crippen molar-refractivity contribution < 1.29 is 5.11 Å². The summed E-state index contributed by atoms with van der Waals surface area (Å²) in [6, 6.07) is 18.0. The molecule has 2 heteroatoms. The summed E-state index contributed by atoms with van der Waals surface area (Å²) in [4.78, 5) is 2.30. The number of hydrogen-bond donors (Lipinski definition) is 1. The molecule has 2 rings (SSSR count).